The van der Waals surface area contributed by atoms with E-state index in [4.69, 9.17) is 4.74 Å². The molecule has 0 aliphatic carbocycles. The summed E-state index contributed by atoms with van der Waals surface area (Å²) < 4.78 is 7.93. The minimum Gasteiger partial charge on any atom is -0.374 e. The van der Waals surface area contributed by atoms with Gasteiger partial charge in [-0.1, -0.05) is 6.07 Å². The Bertz CT molecular complexity index is 389. The molecule has 17 heavy (non-hydrogen) atoms. The van der Waals surface area contributed by atoms with Gasteiger partial charge < -0.3 is 10.1 Å². The largest absolute Gasteiger partial charge is 0.374 e. The Morgan fingerprint density at radius 2 is 2.18 bits per heavy atom. The van der Waals surface area contributed by atoms with Gasteiger partial charge in [0, 0.05) is 28.6 Å². The maximum absolute atomic E-state index is 5.74. The van der Waals surface area contributed by atoms with Crippen LogP contribution in [0.3, 0.4) is 0 Å². The first-order valence-electron chi connectivity index (χ1n) is 5.88. The molecule has 1 atom stereocenters. The molecule has 0 amide bonds. The Morgan fingerprint density at radius 3 is 2.82 bits per heavy atom. The molecule has 1 unspecified atom stereocenters. The molecule has 1 aromatic rings. The Hall–Kier alpha value is 0.1000. The number of ether oxygens (including phenoxy) is 1. The number of hydrogen-bond acceptors (Lipinski definition) is 2. The van der Waals surface area contributed by atoms with E-state index in [0.717, 1.165) is 35.1 Å². The quantitative estimate of drug-likeness (QED) is 0.877. The van der Waals surface area contributed by atoms with Crippen molar-refractivity contribution in [1.82, 2.24) is 5.32 Å². The average Bonchev–Trinajstić information content (AvgIpc) is 2.71. The fraction of sp³-hybridized carbons (Fsp3) is 0.538. The lowest BCUT2D eigenvalue weighted by Gasteiger charge is -2.23. The molecule has 4 heteroatoms. The highest BCUT2D eigenvalue weighted by molar-refractivity contribution is 9.13. The van der Waals surface area contributed by atoms with E-state index < -0.39 is 0 Å². The van der Waals surface area contributed by atoms with E-state index in [1.54, 1.807) is 0 Å². The van der Waals surface area contributed by atoms with Crippen molar-refractivity contribution in [2.24, 2.45) is 0 Å². The zero-order valence-electron chi connectivity index (χ0n) is 9.93. The summed E-state index contributed by atoms with van der Waals surface area (Å²) in [6, 6.07) is 6.32. The van der Waals surface area contributed by atoms with Crippen molar-refractivity contribution >= 4 is 31.9 Å². The van der Waals surface area contributed by atoms with Crippen LogP contribution in [0.25, 0.3) is 0 Å². The maximum Gasteiger partial charge on any atom is 0.0779 e. The Balaban J connectivity index is 1.83. The summed E-state index contributed by atoms with van der Waals surface area (Å²) in [6.07, 6.45) is 2.34. The van der Waals surface area contributed by atoms with Gasteiger partial charge in [-0.15, -0.1) is 0 Å². The highest BCUT2D eigenvalue weighted by Crippen LogP contribution is 2.25. The smallest absolute Gasteiger partial charge is 0.0779 e. The number of halogens is 2. The molecule has 1 saturated heterocycles. The van der Waals surface area contributed by atoms with Gasteiger partial charge in [0.2, 0.25) is 0 Å². The van der Waals surface area contributed by atoms with E-state index in [0.29, 0.717) is 0 Å². The van der Waals surface area contributed by atoms with E-state index in [2.05, 4.69) is 62.3 Å². The van der Waals surface area contributed by atoms with Crippen molar-refractivity contribution in [2.75, 3.05) is 13.2 Å². The first kappa shape index (κ1) is 13.5. The second-order valence-electron chi connectivity index (χ2n) is 4.75. The van der Waals surface area contributed by atoms with E-state index in [1.165, 1.54) is 12.0 Å². The predicted octanol–water partition coefficient (Wildman–Crippen LogP) is 3.87. The van der Waals surface area contributed by atoms with E-state index in [-0.39, 0.29) is 5.60 Å². The molecule has 1 N–H and O–H groups in total. The fourth-order valence-electron chi connectivity index (χ4n) is 2.10. The molecule has 2 nitrogen and oxygen atoms in total. The molecular weight excluding hydrogens is 346 g/mol. The van der Waals surface area contributed by atoms with Gasteiger partial charge in [-0.3, -0.25) is 0 Å². The highest BCUT2D eigenvalue weighted by atomic mass is 79.9. The molecule has 94 valence electrons. The van der Waals surface area contributed by atoms with Crippen LogP contribution in [0.2, 0.25) is 0 Å². The van der Waals surface area contributed by atoms with E-state index in [9.17, 15) is 0 Å². The summed E-state index contributed by atoms with van der Waals surface area (Å²) >= 11 is 6.99. The highest BCUT2D eigenvalue weighted by Gasteiger charge is 2.28. The van der Waals surface area contributed by atoms with Crippen molar-refractivity contribution in [3.63, 3.8) is 0 Å². The summed E-state index contributed by atoms with van der Waals surface area (Å²) in [5, 5.41) is 3.47. The van der Waals surface area contributed by atoms with Crippen LogP contribution in [-0.4, -0.2) is 18.8 Å². The third-order valence-electron chi connectivity index (χ3n) is 3.11. The second kappa shape index (κ2) is 5.83. The van der Waals surface area contributed by atoms with Gasteiger partial charge in [-0.25, -0.2) is 0 Å². The van der Waals surface area contributed by atoms with E-state index >= 15 is 0 Å². The molecule has 1 aromatic carbocycles. The van der Waals surface area contributed by atoms with Crippen LogP contribution in [0.1, 0.15) is 25.3 Å². The van der Waals surface area contributed by atoms with Crippen molar-refractivity contribution in [3.05, 3.63) is 32.7 Å². The van der Waals surface area contributed by atoms with Crippen molar-refractivity contribution in [2.45, 2.75) is 31.9 Å². The molecule has 1 heterocycles. The molecule has 0 aromatic heterocycles. The topological polar surface area (TPSA) is 21.3 Å². The van der Waals surface area contributed by atoms with Crippen LogP contribution in [0, 0.1) is 0 Å². The van der Waals surface area contributed by atoms with Crippen molar-refractivity contribution in [3.8, 4) is 0 Å². The molecule has 0 spiro atoms. The van der Waals surface area contributed by atoms with Crippen molar-refractivity contribution in [1.29, 1.82) is 0 Å². The minimum absolute atomic E-state index is 0.0343. The third-order valence-corrected chi connectivity index (χ3v) is 4.99. The molecule has 1 fully saturated rings. The van der Waals surface area contributed by atoms with Crippen LogP contribution in [-0.2, 0) is 11.3 Å². The predicted molar refractivity (Wildman–Crippen MR) is 77.1 cm³/mol. The fourth-order valence-corrected chi connectivity index (χ4v) is 2.77. The van der Waals surface area contributed by atoms with E-state index in [1.807, 2.05) is 0 Å². The van der Waals surface area contributed by atoms with Gasteiger partial charge in [-0.05, 0) is 69.3 Å². The van der Waals surface area contributed by atoms with Crippen LogP contribution < -0.4 is 5.32 Å². The summed E-state index contributed by atoms with van der Waals surface area (Å²) in [6.45, 7) is 4.89. The Morgan fingerprint density at radius 1 is 1.35 bits per heavy atom. The number of benzene rings is 1. The Kier molecular flexibility index (Phi) is 4.64. The lowest BCUT2D eigenvalue weighted by atomic mass is 10.0. The van der Waals surface area contributed by atoms with Gasteiger partial charge >= 0.3 is 0 Å². The van der Waals surface area contributed by atoms with Crippen molar-refractivity contribution < 1.29 is 4.74 Å². The third kappa shape index (κ3) is 3.78. The first-order chi connectivity index (χ1) is 8.09. The summed E-state index contributed by atoms with van der Waals surface area (Å²) in [5.41, 5.74) is 1.31. The molecule has 0 bridgehead atoms. The Labute approximate surface area is 119 Å². The molecule has 0 radical (unpaired) electrons. The first-order valence-corrected chi connectivity index (χ1v) is 7.46. The molecule has 1 aliphatic rings. The van der Waals surface area contributed by atoms with Crippen LogP contribution in [0.5, 0.6) is 0 Å². The minimum atomic E-state index is 0.0343. The maximum atomic E-state index is 5.74. The van der Waals surface area contributed by atoms with Gasteiger partial charge in [0.05, 0.1) is 5.60 Å². The standard InChI is InChI=1S/C13H17Br2NO/c1-13(5-2-6-17-13)9-16-8-10-3-4-11(14)12(15)7-10/h3-4,7,16H,2,5-6,8-9H2,1H3. The van der Waals surface area contributed by atoms with Crippen LogP contribution >= 0.6 is 31.9 Å². The second-order valence-corrected chi connectivity index (χ2v) is 6.46. The van der Waals surface area contributed by atoms with Gasteiger partial charge in [0.1, 0.15) is 0 Å². The lowest BCUT2D eigenvalue weighted by Crippen LogP contribution is -2.36. The monoisotopic (exact) mass is 361 g/mol. The SMILES string of the molecule is CC1(CNCc2ccc(Br)c(Br)c2)CCCO1. The number of hydrogen-bond donors (Lipinski definition) is 1. The number of nitrogens with one attached hydrogen (secondary N) is 1. The zero-order chi connectivity index (χ0) is 12.3. The summed E-state index contributed by atoms with van der Waals surface area (Å²) in [4.78, 5) is 0. The van der Waals surface area contributed by atoms with Gasteiger partial charge in [0.15, 0.2) is 0 Å². The number of rotatable bonds is 4. The lowest BCUT2D eigenvalue weighted by molar-refractivity contribution is 0.0207. The molecule has 1 aliphatic heterocycles. The summed E-state index contributed by atoms with van der Waals surface area (Å²) in [7, 11) is 0. The zero-order valence-corrected chi connectivity index (χ0v) is 13.1. The summed E-state index contributed by atoms with van der Waals surface area (Å²) in [5.74, 6) is 0. The average molecular weight is 363 g/mol. The molecule has 0 saturated carbocycles. The van der Waals surface area contributed by atoms with Gasteiger partial charge in [-0.2, -0.15) is 0 Å². The molecular formula is C13H17Br2NO. The van der Waals surface area contributed by atoms with Crippen LogP contribution in [0.15, 0.2) is 27.1 Å². The van der Waals surface area contributed by atoms with Gasteiger partial charge in [0.25, 0.3) is 0 Å². The normalized spacial score (nSPS) is 24.2. The van der Waals surface area contributed by atoms with Crippen LogP contribution in [0.4, 0.5) is 0 Å². The molecule has 2 rings (SSSR count).